The van der Waals surface area contributed by atoms with Gasteiger partial charge in [-0.25, -0.2) is 18.0 Å². The number of carbonyl (C=O) groups is 1. The Labute approximate surface area is 209 Å². The van der Waals surface area contributed by atoms with Crippen LogP contribution < -0.4 is 5.63 Å². The average Bonchev–Trinajstić information content (AvgIpc) is 3.40. The highest BCUT2D eigenvalue weighted by molar-refractivity contribution is 7.91. The number of carbonyl (C=O) groups excluding carboxylic acids is 1. The van der Waals surface area contributed by atoms with E-state index in [2.05, 4.69) is 0 Å². The van der Waals surface area contributed by atoms with Crippen LogP contribution in [0.2, 0.25) is 0 Å². The van der Waals surface area contributed by atoms with Gasteiger partial charge in [0.15, 0.2) is 5.03 Å². The number of aryl methyl sites for hydroxylation is 1. The van der Waals surface area contributed by atoms with Crippen LogP contribution in [-0.4, -0.2) is 25.4 Å². The highest BCUT2D eigenvalue weighted by Crippen LogP contribution is 2.42. The van der Waals surface area contributed by atoms with Crippen LogP contribution in [0.15, 0.2) is 79.8 Å². The van der Waals surface area contributed by atoms with Gasteiger partial charge < -0.3 is 9.15 Å². The first-order valence-corrected chi connectivity index (χ1v) is 13.2. The number of nitriles is 1. The lowest BCUT2D eigenvalue weighted by Gasteiger charge is -2.10. The van der Waals surface area contributed by atoms with Gasteiger partial charge >= 0.3 is 11.6 Å². The van der Waals surface area contributed by atoms with Crippen LogP contribution in [-0.2, 0) is 14.6 Å². The van der Waals surface area contributed by atoms with Crippen molar-refractivity contribution in [2.75, 3.05) is 6.61 Å². The minimum atomic E-state index is -4.27. The number of rotatable bonds is 5. The monoisotopic (exact) mass is 518 g/mol. The maximum Gasteiger partial charge on any atom is 0.349 e. The third kappa shape index (κ3) is 3.44. The summed E-state index contributed by atoms with van der Waals surface area (Å²) in [5.74, 6) is -0.834. The fraction of sp³-hybridized carbons (Fsp3) is 0.115. The zero-order valence-electron chi connectivity index (χ0n) is 19.1. The molecule has 0 atom stereocenters. The van der Waals surface area contributed by atoms with Crippen molar-refractivity contribution in [1.82, 2.24) is 4.40 Å². The van der Waals surface area contributed by atoms with Crippen molar-refractivity contribution in [2.24, 2.45) is 0 Å². The summed E-state index contributed by atoms with van der Waals surface area (Å²) in [6.07, 6.45) is 0. The molecular weight excluding hydrogens is 500 g/mol. The Balaban J connectivity index is 2.11. The molecule has 5 aromatic rings. The highest BCUT2D eigenvalue weighted by Gasteiger charge is 2.37. The van der Waals surface area contributed by atoms with Crippen LogP contribution in [0, 0.1) is 18.3 Å². The number of sulfone groups is 1. The number of aromatic nitrogens is 1. The fourth-order valence-corrected chi connectivity index (χ4v) is 6.98. The van der Waals surface area contributed by atoms with E-state index in [-0.39, 0.29) is 49.1 Å². The predicted octanol–water partition coefficient (Wildman–Crippen LogP) is 4.96. The minimum absolute atomic E-state index is 0.00914. The second-order valence-electron chi connectivity index (χ2n) is 7.81. The summed E-state index contributed by atoms with van der Waals surface area (Å²) in [6, 6.07) is 18.3. The lowest BCUT2D eigenvalue weighted by atomic mass is 10.0. The van der Waals surface area contributed by atoms with Gasteiger partial charge in [-0.2, -0.15) is 5.26 Å². The van der Waals surface area contributed by atoms with E-state index < -0.39 is 21.4 Å². The van der Waals surface area contributed by atoms with Crippen molar-refractivity contribution < 1.29 is 22.4 Å². The standard InChI is InChI=1S/C26H18N2O6S2/c1-3-33-25(29)21-19(16-10-6-4-7-11-16)24(36(31,32)17-12-8-5-9-13-17)28-22(21)34-26(30)20-18(14-27)15(2)35-23(20)28/h4-13H,3H2,1-2H3. The molecule has 0 radical (unpaired) electrons. The molecule has 0 bridgehead atoms. The molecule has 0 aliphatic carbocycles. The van der Waals surface area contributed by atoms with Crippen molar-refractivity contribution in [3.63, 3.8) is 0 Å². The van der Waals surface area contributed by atoms with Gasteiger partial charge in [0.25, 0.3) is 0 Å². The van der Waals surface area contributed by atoms with Gasteiger partial charge in [-0.05, 0) is 31.5 Å². The Bertz CT molecular complexity index is 1860. The van der Waals surface area contributed by atoms with Crippen molar-refractivity contribution in [3.8, 4) is 17.2 Å². The fourth-order valence-electron chi connectivity index (χ4n) is 4.19. The second kappa shape index (κ2) is 8.78. The number of hydrogen-bond acceptors (Lipinski definition) is 8. The zero-order chi connectivity index (χ0) is 25.6. The third-order valence-electron chi connectivity index (χ3n) is 5.71. The molecule has 36 heavy (non-hydrogen) atoms. The van der Waals surface area contributed by atoms with Crippen LogP contribution in [0.5, 0.6) is 0 Å². The minimum Gasteiger partial charge on any atom is -0.462 e. The van der Waals surface area contributed by atoms with E-state index in [1.165, 1.54) is 16.5 Å². The highest BCUT2D eigenvalue weighted by atomic mass is 32.2. The lowest BCUT2D eigenvalue weighted by Crippen LogP contribution is -2.09. The summed E-state index contributed by atoms with van der Waals surface area (Å²) in [5, 5.41) is 9.39. The predicted molar refractivity (Wildman–Crippen MR) is 134 cm³/mol. The average molecular weight is 519 g/mol. The zero-order valence-corrected chi connectivity index (χ0v) is 20.8. The number of hydrogen-bond donors (Lipinski definition) is 0. The number of esters is 1. The van der Waals surface area contributed by atoms with Crippen molar-refractivity contribution in [1.29, 1.82) is 5.26 Å². The first-order valence-electron chi connectivity index (χ1n) is 10.9. The first kappa shape index (κ1) is 23.5. The van der Waals surface area contributed by atoms with Gasteiger partial charge in [0, 0.05) is 10.4 Å². The van der Waals surface area contributed by atoms with Gasteiger partial charge in [-0.3, -0.25) is 4.40 Å². The molecule has 0 fully saturated rings. The maximum absolute atomic E-state index is 14.2. The van der Waals surface area contributed by atoms with Gasteiger partial charge in [0.05, 0.1) is 17.1 Å². The Hall–Kier alpha value is -4.20. The molecule has 8 nitrogen and oxygen atoms in total. The molecule has 0 N–H and O–H groups in total. The molecule has 0 aliphatic rings. The second-order valence-corrected chi connectivity index (χ2v) is 10.9. The summed E-state index contributed by atoms with van der Waals surface area (Å²) in [6.45, 7) is 3.30. The van der Waals surface area contributed by atoms with E-state index in [4.69, 9.17) is 9.15 Å². The molecule has 5 rings (SSSR count). The largest absolute Gasteiger partial charge is 0.462 e. The summed E-state index contributed by atoms with van der Waals surface area (Å²) in [5.41, 5.74) is -0.710. The Kier molecular flexibility index (Phi) is 5.74. The van der Waals surface area contributed by atoms with Gasteiger partial charge in [0.1, 0.15) is 21.8 Å². The third-order valence-corrected chi connectivity index (χ3v) is 8.59. The number of fused-ring (bicyclic) bond motifs is 3. The van der Waals surface area contributed by atoms with Crippen LogP contribution in [0.3, 0.4) is 0 Å². The summed E-state index contributed by atoms with van der Waals surface area (Å²) in [4.78, 5) is 27.0. The summed E-state index contributed by atoms with van der Waals surface area (Å²) < 4.78 is 40.5. The smallest absolute Gasteiger partial charge is 0.349 e. The molecular formula is C26H18N2O6S2. The number of ether oxygens (including phenoxy) is 1. The van der Waals surface area contributed by atoms with Crippen LogP contribution in [0.1, 0.15) is 27.7 Å². The number of benzene rings is 2. The van der Waals surface area contributed by atoms with Crippen LogP contribution in [0.25, 0.3) is 27.1 Å². The van der Waals surface area contributed by atoms with Crippen LogP contribution in [0.4, 0.5) is 0 Å². The van der Waals surface area contributed by atoms with Crippen molar-refractivity contribution in [3.05, 3.63) is 87.1 Å². The van der Waals surface area contributed by atoms with Crippen molar-refractivity contribution in [2.45, 2.75) is 23.8 Å². The molecule has 0 spiro atoms. The van der Waals surface area contributed by atoms with E-state index in [9.17, 15) is 23.3 Å². The van der Waals surface area contributed by atoms with E-state index in [1.807, 2.05) is 6.07 Å². The molecule has 0 saturated heterocycles. The Morgan fingerprint density at radius 3 is 2.36 bits per heavy atom. The van der Waals surface area contributed by atoms with E-state index in [0.717, 1.165) is 11.3 Å². The molecule has 2 aromatic carbocycles. The molecule has 0 unspecified atom stereocenters. The molecule has 0 saturated carbocycles. The molecule has 3 heterocycles. The normalized spacial score (nSPS) is 11.6. The topological polar surface area (TPSA) is 119 Å². The first-order chi connectivity index (χ1) is 17.3. The molecule has 3 aromatic heterocycles. The molecule has 0 amide bonds. The molecule has 180 valence electrons. The molecule has 0 aliphatic heterocycles. The van der Waals surface area contributed by atoms with Gasteiger partial charge in [0.2, 0.25) is 15.6 Å². The number of nitrogens with zero attached hydrogens (tertiary/aromatic N) is 2. The SMILES string of the molecule is CCOC(=O)c1c(-c2ccccc2)c(S(=O)(=O)c2ccccc2)n2c1oc(=O)c1c(C#N)c(C)sc12. The van der Waals surface area contributed by atoms with Gasteiger partial charge in [-0.15, -0.1) is 11.3 Å². The van der Waals surface area contributed by atoms with Gasteiger partial charge in [-0.1, -0.05) is 48.5 Å². The quantitative estimate of drug-likeness (QED) is 0.302. The Morgan fingerprint density at radius 2 is 1.75 bits per heavy atom. The van der Waals surface area contributed by atoms with E-state index >= 15 is 0 Å². The Morgan fingerprint density at radius 1 is 1.11 bits per heavy atom. The van der Waals surface area contributed by atoms with Crippen molar-refractivity contribution >= 4 is 43.1 Å². The van der Waals surface area contributed by atoms with Crippen LogP contribution >= 0.6 is 11.3 Å². The number of thiophene rings is 1. The molecule has 10 heteroatoms. The summed E-state index contributed by atoms with van der Waals surface area (Å²) in [7, 11) is -4.27. The lowest BCUT2D eigenvalue weighted by molar-refractivity contribution is 0.0528. The van der Waals surface area contributed by atoms with E-state index in [0.29, 0.717) is 10.4 Å². The van der Waals surface area contributed by atoms with E-state index in [1.54, 1.807) is 62.4 Å². The maximum atomic E-state index is 14.2. The summed E-state index contributed by atoms with van der Waals surface area (Å²) >= 11 is 1.08.